The second kappa shape index (κ2) is 7.62. The lowest BCUT2D eigenvalue weighted by Gasteiger charge is -2.07. The zero-order chi connectivity index (χ0) is 18.7. The molecule has 26 heavy (non-hydrogen) atoms. The Morgan fingerprint density at radius 2 is 1.62 bits per heavy atom. The third-order valence-electron chi connectivity index (χ3n) is 4.16. The predicted molar refractivity (Wildman–Crippen MR) is 105 cm³/mol. The number of H-pyrrole nitrogens is 1. The van der Waals surface area contributed by atoms with E-state index in [0.29, 0.717) is 16.9 Å². The molecule has 0 aliphatic rings. The quantitative estimate of drug-likeness (QED) is 0.609. The van der Waals surface area contributed by atoms with Crippen molar-refractivity contribution in [2.24, 2.45) is 0 Å². The van der Waals surface area contributed by atoms with Gasteiger partial charge < -0.3 is 10.3 Å². The van der Waals surface area contributed by atoms with Crippen molar-refractivity contribution in [3.63, 3.8) is 0 Å². The van der Waals surface area contributed by atoms with Crippen molar-refractivity contribution in [2.75, 3.05) is 5.32 Å². The number of aryl methyl sites for hydroxylation is 2. The van der Waals surface area contributed by atoms with Crippen molar-refractivity contribution in [1.29, 1.82) is 0 Å². The molecule has 0 saturated heterocycles. The molecule has 0 aliphatic carbocycles. The largest absolute Gasteiger partial charge is 0.356 e. The molecule has 0 radical (unpaired) electrons. The number of amides is 1. The second-order valence-corrected chi connectivity index (χ2v) is 7.33. The molecule has 4 nitrogen and oxygen atoms in total. The molecule has 0 atom stereocenters. The molecule has 5 heteroatoms. The average molecular weight is 364 g/mol. The Labute approximate surface area is 157 Å². The van der Waals surface area contributed by atoms with Gasteiger partial charge in [-0.2, -0.15) is 0 Å². The first-order valence-corrected chi connectivity index (χ1v) is 9.10. The summed E-state index contributed by atoms with van der Waals surface area (Å²) in [4.78, 5) is 28.7. The van der Waals surface area contributed by atoms with Crippen LogP contribution in [0.4, 0.5) is 5.69 Å². The molecule has 0 fully saturated rings. The van der Waals surface area contributed by atoms with E-state index in [4.69, 9.17) is 0 Å². The van der Waals surface area contributed by atoms with E-state index in [9.17, 15) is 9.59 Å². The Bertz CT molecular complexity index is 958. The lowest BCUT2D eigenvalue weighted by Crippen LogP contribution is -2.12. The van der Waals surface area contributed by atoms with E-state index in [-0.39, 0.29) is 11.7 Å². The summed E-state index contributed by atoms with van der Waals surface area (Å²) in [6.07, 6.45) is 1.54. The minimum absolute atomic E-state index is 0.0759. The first-order valence-electron chi connectivity index (χ1n) is 8.28. The first kappa shape index (κ1) is 18.0. The number of Topliss-reactive ketones (excluding diaryl/α,β-unsaturated/α-hetero) is 1. The number of benzene rings is 2. The van der Waals surface area contributed by atoms with Crippen molar-refractivity contribution in [2.45, 2.75) is 30.6 Å². The Balaban J connectivity index is 1.66. The number of carbonyl (C=O) groups is 2. The van der Waals surface area contributed by atoms with Gasteiger partial charge in [-0.25, -0.2) is 0 Å². The highest BCUT2D eigenvalue weighted by molar-refractivity contribution is 7.99. The van der Waals surface area contributed by atoms with Crippen LogP contribution >= 0.6 is 11.8 Å². The summed E-state index contributed by atoms with van der Waals surface area (Å²) >= 11 is 1.68. The van der Waals surface area contributed by atoms with E-state index >= 15 is 0 Å². The van der Waals surface area contributed by atoms with Crippen LogP contribution in [-0.2, 0) is 0 Å². The molecule has 1 amide bonds. The maximum absolute atomic E-state index is 12.2. The van der Waals surface area contributed by atoms with E-state index in [1.54, 1.807) is 24.0 Å². The van der Waals surface area contributed by atoms with E-state index in [1.807, 2.05) is 24.3 Å². The fourth-order valence-electron chi connectivity index (χ4n) is 2.45. The normalized spacial score (nSPS) is 10.6. The van der Waals surface area contributed by atoms with Gasteiger partial charge in [0.1, 0.15) is 5.69 Å². The molecule has 0 bridgehead atoms. The Hall–Kier alpha value is -2.79. The molecule has 2 aromatic carbocycles. The molecule has 3 aromatic rings. The summed E-state index contributed by atoms with van der Waals surface area (Å²) in [6, 6.07) is 15.7. The summed E-state index contributed by atoms with van der Waals surface area (Å²) in [5, 5.41) is 2.83. The number of aromatic nitrogens is 1. The van der Waals surface area contributed by atoms with Gasteiger partial charge in [0, 0.05) is 27.2 Å². The summed E-state index contributed by atoms with van der Waals surface area (Å²) < 4.78 is 0. The van der Waals surface area contributed by atoms with Crippen LogP contribution in [-0.4, -0.2) is 16.7 Å². The number of ketones is 1. The summed E-state index contributed by atoms with van der Waals surface area (Å²) in [7, 11) is 0. The predicted octanol–water partition coefficient (Wildman–Crippen LogP) is 5.24. The van der Waals surface area contributed by atoms with Crippen LogP contribution in [0.3, 0.4) is 0 Å². The van der Waals surface area contributed by atoms with Crippen LogP contribution < -0.4 is 5.32 Å². The minimum atomic E-state index is -0.271. The number of hydrogen-bond donors (Lipinski definition) is 2. The molecule has 0 unspecified atom stereocenters. The van der Waals surface area contributed by atoms with Crippen molar-refractivity contribution in [3.05, 3.63) is 77.1 Å². The van der Waals surface area contributed by atoms with Crippen LogP contribution in [0.2, 0.25) is 0 Å². The molecule has 3 rings (SSSR count). The molecule has 1 heterocycles. The van der Waals surface area contributed by atoms with Gasteiger partial charge in [-0.15, -0.1) is 0 Å². The zero-order valence-corrected chi connectivity index (χ0v) is 15.7. The first-order chi connectivity index (χ1) is 12.4. The maximum atomic E-state index is 12.2. The third kappa shape index (κ3) is 4.24. The van der Waals surface area contributed by atoms with Crippen molar-refractivity contribution in [3.8, 4) is 0 Å². The second-order valence-electron chi connectivity index (χ2n) is 6.18. The van der Waals surface area contributed by atoms with Gasteiger partial charge in [0.25, 0.3) is 5.91 Å². The smallest absolute Gasteiger partial charge is 0.272 e. The van der Waals surface area contributed by atoms with Crippen LogP contribution in [0, 0.1) is 13.8 Å². The number of carbonyl (C=O) groups excluding carboxylic acids is 2. The molecular formula is C21H20N2O2S. The van der Waals surface area contributed by atoms with E-state index in [0.717, 1.165) is 4.90 Å². The summed E-state index contributed by atoms with van der Waals surface area (Å²) in [5.74, 6) is -0.347. The highest BCUT2D eigenvalue weighted by Gasteiger charge is 2.11. The monoisotopic (exact) mass is 364 g/mol. The molecule has 0 aliphatic heterocycles. The van der Waals surface area contributed by atoms with Gasteiger partial charge >= 0.3 is 0 Å². The molecular weight excluding hydrogens is 344 g/mol. The standard InChI is InChI=1S/C21H20N2O2S/c1-13-4-7-19(10-14(13)2)26-18-8-5-17(6-9-18)23-21(25)20-11-16(12-22-20)15(3)24/h4-12,22H,1-3H3,(H,23,25). The van der Waals surface area contributed by atoms with Gasteiger partial charge in [0.2, 0.25) is 0 Å². The highest BCUT2D eigenvalue weighted by atomic mass is 32.2. The molecule has 132 valence electrons. The molecule has 2 N–H and O–H groups in total. The lowest BCUT2D eigenvalue weighted by molar-refractivity contribution is 0.101. The van der Waals surface area contributed by atoms with E-state index in [1.165, 1.54) is 22.9 Å². The number of aromatic amines is 1. The highest BCUT2D eigenvalue weighted by Crippen LogP contribution is 2.29. The Kier molecular flexibility index (Phi) is 5.28. The Morgan fingerprint density at radius 3 is 2.23 bits per heavy atom. The van der Waals surface area contributed by atoms with Gasteiger partial charge in [0.15, 0.2) is 5.78 Å². The fraction of sp³-hybridized carbons (Fsp3) is 0.143. The maximum Gasteiger partial charge on any atom is 0.272 e. The third-order valence-corrected chi connectivity index (χ3v) is 5.16. The van der Waals surface area contributed by atoms with Crippen molar-refractivity contribution in [1.82, 2.24) is 4.98 Å². The average Bonchev–Trinajstić information content (AvgIpc) is 3.10. The van der Waals surface area contributed by atoms with Gasteiger partial charge in [-0.1, -0.05) is 17.8 Å². The van der Waals surface area contributed by atoms with Crippen LogP contribution in [0.1, 0.15) is 38.9 Å². The number of anilines is 1. The summed E-state index contributed by atoms with van der Waals surface area (Å²) in [5.41, 5.74) is 4.12. The lowest BCUT2D eigenvalue weighted by atomic mass is 10.1. The van der Waals surface area contributed by atoms with Crippen molar-refractivity contribution >= 4 is 29.1 Å². The fourth-order valence-corrected chi connectivity index (χ4v) is 3.36. The summed E-state index contributed by atoms with van der Waals surface area (Å²) in [6.45, 7) is 5.68. The van der Waals surface area contributed by atoms with Gasteiger partial charge in [-0.3, -0.25) is 9.59 Å². The van der Waals surface area contributed by atoms with Crippen LogP contribution in [0.15, 0.2) is 64.5 Å². The molecule has 0 saturated carbocycles. The van der Waals surface area contributed by atoms with E-state index < -0.39 is 0 Å². The van der Waals surface area contributed by atoms with Crippen molar-refractivity contribution < 1.29 is 9.59 Å². The Morgan fingerprint density at radius 1 is 0.923 bits per heavy atom. The minimum Gasteiger partial charge on any atom is -0.356 e. The molecule has 1 aromatic heterocycles. The number of nitrogens with one attached hydrogen (secondary N) is 2. The molecule has 0 spiro atoms. The van der Waals surface area contributed by atoms with Crippen LogP contribution in [0.5, 0.6) is 0 Å². The van der Waals surface area contributed by atoms with Gasteiger partial charge in [0.05, 0.1) is 0 Å². The van der Waals surface area contributed by atoms with Crippen LogP contribution in [0.25, 0.3) is 0 Å². The van der Waals surface area contributed by atoms with Gasteiger partial charge in [-0.05, 0) is 74.4 Å². The zero-order valence-electron chi connectivity index (χ0n) is 14.9. The topological polar surface area (TPSA) is 62.0 Å². The number of hydrogen-bond acceptors (Lipinski definition) is 3. The number of rotatable bonds is 5. The SMILES string of the molecule is CC(=O)c1c[nH]c(C(=O)Nc2ccc(Sc3ccc(C)c(C)c3)cc2)c1. The van der Waals surface area contributed by atoms with E-state index in [2.05, 4.69) is 42.3 Å².